The van der Waals surface area contributed by atoms with Gasteiger partial charge in [-0.15, -0.1) is 0 Å². The fourth-order valence-electron chi connectivity index (χ4n) is 1.98. The molecule has 0 unspecified atom stereocenters. The first-order chi connectivity index (χ1) is 9.74. The molecular formula is C15H19N3O2. The summed E-state index contributed by atoms with van der Waals surface area (Å²) in [7, 11) is 1.54. The normalized spacial score (nSPS) is 10.3. The minimum Gasteiger partial charge on any atom is -0.479 e. The lowest BCUT2D eigenvalue weighted by molar-refractivity contribution is 0.301. The number of methoxy groups -OCH3 is 1. The number of nitrogen functional groups attached to an aromatic ring is 1. The summed E-state index contributed by atoms with van der Waals surface area (Å²) >= 11 is 0. The van der Waals surface area contributed by atoms with Gasteiger partial charge >= 0.3 is 0 Å². The van der Waals surface area contributed by atoms with Crippen LogP contribution in [0.1, 0.15) is 5.56 Å². The Morgan fingerprint density at radius 2 is 1.95 bits per heavy atom. The molecule has 0 aliphatic rings. The smallest absolute Gasteiger partial charge is 0.238 e. The summed E-state index contributed by atoms with van der Waals surface area (Å²) < 4.78 is 5.14. The molecule has 1 aromatic heterocycles. The molecular weight excluding hydrogens is 254 g/mol. The molecule has 0 aliphatic heterocycles. The fraction of sp³-hybridized carbons (Fsp3) is 0.267. The van der Waals surface area contributed by atoms with Crippen LogP contribution in [0.15, 0.2) is 42.5 Å². The van der Waals surface area contributed by atoms with Crippen molar-refractivity contribution >= 4 is 11.5 Å². The van der Waals surface area contributed by atoms with Gasteiger partial charge in [-0.2, -0.15) is 4.98 Å². The summed E-state index contributed by atoms with van der Waals surface area (Å²) in [6.45, 7) is 1.22. The molecule has 2 aromatic rings. The van der Waals surface area contributed by atoms with Crippen LogP contribution in [0, 0.1) is 0 Å². The Hall–Kier alpha value is -2.27. The fourth-order valence-corrected chi connectivity index (χ4v) is 1.98. The summed E-state index contributed by atoms with van der Waals surface area (Å²) in [6.07, 6.45) is 0. The zero-order chi connectivity index (χ0) is 14.4. The Labute approximate surface area is 118 Å². The summed E-state index contributed by atoms with van der Waals surface area (Å²) in [5, 5.41) is 9.23. The van der Waals surface area contributed by atoms with Gasteiger partial charge in [0.2, 0.25) is 5.88 Å². The highest BCUT2D eigenvalue weighted by atomic mass is 16.5. The van der Waals surface area contributed by atoms with Crippen LogP contribution >= 0.6 is 0 Å². The van der Waals surface area contributed by atoms with Crippen LogP contribution in [0.3, 0.4) is 0 Å². The van der Waals surface area contributed by atoms with E-state index in [9.17, 15) is 5.11 Å². The van der Waals surface area contributed by atoms with Crippen molar-refractivity contribution in [3.05, 3.63) is 48.0 Å². The molecule has 0 spiro atoms. The maximum Gasteiger partial charge on any atom is 0.238 e. The number of hydrogen-bond acceptors (Lipinski definition) is 5. The van der Waals surface area contributed by atoms with Gasteiger partial charge < -0.3 is 20.5 Å². The maximum atomic E-state index is 9.23. The second kappa shape index (κ2) is 6.77. The minimum absolute atomic E-state index is 0.0568. The van der Waals surface area contributed by atoms with E-state index in [-0.39, 0.29) is 6.61 Å². The van der Waals surface area contributed by atoms with E-state index in [1.807, 2.05) is 41.3 Å². The number of anilines is 2. The summed E-state index contributed by atoms with van der Waals surface area (Å²) in [4.78, 5) is 6.36. The Kier molecular flexibility index (Phi) is 4.79. The highest BCUT2D eigenvalue weighted by Crippen LogP contribution is 2.23. The van der Waals surface area contributed by atoms with E-state index in [1.54, 1.807) is 6.07 Å². The molecule has 1 aromatic carbocycles. The Balaban J connectivity index is 2.24. The molecule has 20 heavy (non-hydrogen) atoms. The predicted octanol–water partition coefficient (Wildman–Crippen LogP) is 1.67. The van der Waals surface area contributed by atoms with Crippen LogP contribution < -0.4 is 15.4 Å². The zero-order valence-electron chi connectivity index (χ0n) is 11.5. The number of rotatable bonds is 6. The van der Waals surface area contributed by atoms with Crippen LogP contribution in [0.4, 0.5) is 11.5 Å². The molecule has 106 valence electrons. The van der Waals surface area contributed by atoms with Crippen LogP contribution in [0.5, 0.6) is 5.88 Å². The third kappa shape index (κ3) is 3.39. The van der Waals surface area contributed by atoms with Crippen LogP contribution in [-0.4, -0.2) is 30.4 Å². The summed E-state index contributed by atoms with van der Waals surface area (Å²) in [5.74, 6) is 1.13. The van der Waals surface area contributed by atoms with Crippen molar-refractivity contribution in [1.29, 1.82) is 0 Å². The second-order valence-electron chi connectivity index (χ2n) is 4.40. The molecule has 5 heteroatoms. The second-order valence-corrected chi connectivity index (χ2v) is 4.40. The lowest BCUT2D eigenvalue weighted by atomic mass is 10.2. The number of nitrogens with two attached hydrogens (primary N) is 1. The average molecular weight is 273 g/mol. The van der Waals surface area contributed by atoms with Gasteiger partial charge in [0.1, 0.15) is 5.82 Å². The van der Waals surface area contributed by atoms with Gasteiger partial charge in [0.25, 0.3) is 0 Å². The van der Waals surface area contributed by atoms with Gasteiger partial charge in [-0.3, -0.25) is 0 Å². The number of aliphatic hydroxyl groups excluding tert-OH is 1. The number of hydrogen-bond donors (Lipinski definition) is 2. The topological polar surface area (TPSA) is 71.6 Å². The van der Waals surface area contributed by atoms with Crippen molar-refractivity contribution in [2.75, 3.05) is 30.9 Å². The molecule has 1 heterocycles. The van der Waals surface area contributed by atoms with Crippen LogP contribution in [0.2, 0.25) is 0 Å². The van der Waals surface area contributed by atoms with Gasteiger partial charge in [0.15, 0.2) is 0 Å². The molecule has 0 radical (unpaired) electrons. The monoisotopic (exact) mass is 273 g/mol. The first-order valence-corrected chi connectivity index (χ1v) is 6.45. The predicted molar refractivity (Wildman–Crippen MR) is 79.8 cm³/mol. The molecule has 2 rings (SSSR count). The molecule has 0 aliphatic carbocycles. The van der Waals surface area contributed by atoms with Gasteiger partial charge in [-0.25, -0.2) is 0 Å². The van der Waals surface area contributed by atoms with E-state index in [4.69, 9.17) is 10.5 Å². The number of aliphatic hydroxyl groups is 1. The lowest BCUT2D eigenvalue weighted by Gasteiger charge is -2.23. The molecule has 5 nitrogen and oxygen atoms in total. The van der Waals surface area contributed by atoms with E-state index in [0.29, 0.717) is 24.7 Å². The molecule has 0 saturated heterocycles. The number of ether oxygens (including phenoxy) is 1. The Morgan fingerprint density at radius 1 is 1.20 bits per heavy atom. The van der Waals surface area contributed by atoms with Gasteiger partial charge in [0, 0.05) is 13.1 Å². The van der Waals surface area contributed by atoms with E-state index in [1.165, 1.54) is 7.11 Å². The molecule has 0 atom stereocenters. The minimum atomic E-state index is 0.0568. The van der Waals surface area contributed by atoms with Crippen molar-refractivity contribution in [3.63, 3.8) is 0 Å². The SMILES string of the molecule is COc1nc(N(CCO)Cc2ccccc2)ccc1N. The molecule has 0 amide bonds. The largest absolute Gasteiger partial charge is 0.479 e. The van der Waals surface area contributed by atoms with Gasteiger partial charge in [-0.05, 0) is 17.7 Å². The Bertz CT molecular complexity index is 546. The van der Waals surface area contributed by atoms with E-state index >= 15 is 0 Å². The van der Waals surface area contributed by atoms with E-state index in [2.05, 4.69) is 4.98 Å². The average Bonchev–Trinajstić information content (AvgIpc) is 2.48. The summed E-state index contributed by atoms with van der Waals surface area (Å²) in [6, 6.07) is 13.6. The summed E-state index contributed by atoms with van der Waals surface area (Å²) in [5.41, 5.74) is 7.42. The highest BCUT2D eigenvalue weighted by molar-refractivity contribution is 5.54. The van der Waals surface area contributed by atoms with Crippen molar-refractivity contribution < 1.29 is 9.84 Å². The standard InChI is InChI=1S/C15H19N3O2/c1-20-15-13(16)7-8-14(17-15)18(9-10-19)11-12-5-3-2-4-6-12/h2-8,19H,9-11,16H2,1H3. The van der Waals surface area contributed by atoms with E-state index < -0.39 is 0 Å². The van der Waals surface area contributed by atoms with E-state index in [0.717, 1.165) is 11.4 Å². The number of benzene rings is 1. The van der Waals surface area contributed by atoms with Crippen LogP contribution in [-0.2, 0) is 6.54 Å². The lowest BCUT2D eigenvalue weighted by Crippen LogP contribution is -2.27. The van der Waals surface area contributed by atoms with Gasteiger partial charge in [0.05, 0.1) is 19.4 Å². The third-order valence-electron chi connectivity index (χ3n) is 2.98. The van der Waals surface area contributed by atoms with Gasteiger partial charge in [-0.1, -0.05) is 30.3 Å². The Morgan fingerprint density at radius 3 is 2.60 bits per heavy atom. The number of aromatic nitrogens is 1. The maximum absolute atomic E-state index is 9.23. The zero-order valence-corrected chi connectivity index (χ0v) is 11.5. The van der Waals surface area contributed by atoms with Crippen molar-refractivity contribution in [3.8, 4) is 5.88 Å². The third-order valence-corrected chi connectivity index (χ3v) is 2.98. The first kappa shape index (κ1) is 14.1. The number of nitrogens with zero attached hydrogens (tertiary/aromatic N) is 2. The molecule has 3 N–H and O–H groups in total. The van der Waals surface area contributed by atoms with Crippen molar-refractivity contribution in [2.24, 2.45) is 0 Å². The number of pyridine rings is 1. The molecule has 0 bridgehead atoms. The first-order valence-electron chi connectivity index (χ1n) is 6.45. The van der Waals surface area contributed by atoms with Crippen molar-refractivity contribution in [2.45, 2.75) is 6.54 Å². The molecule has 0 saturated carbocycles. The van der Waals surface area contributed by atoms with Crippen LogP contribution in [0.25, 0.3) is 0 Å². The highest BCUT2D eigenvalue weighted by Gasteiger charge is 2.11. The van der Waals surface area contributed by atoms with Crippen molar-refractivity contribution in [1.82, 2.24) is 4.98 Å². The quantitative estimate of drug-likeness (QED) is 0.837. The molecule has 0 fully saturated rings.